The van der Waals surface area contributed by atoms with Crippen LogP contribution in [0.5, 0.6) is 11.5 Å². The highest BCUT2D eigenvalue weighted by Crippen LogP contribution is 2.30. The second-order valence-corrected chi connectivity index (χ2v) is 6.35. The van der Waals surface area contributed by atoms with E-state index in [1.165, 1.54) is 5.56 Å². The van der Waals surface area contributed by atoms with Crippen LogP contribution in [0, 0.1) is 6.92 Å². The van der Waals surface area contributed by atoms with E-state index in [1.54, 1.807) is 6.20 Å². The lowest BCUT2D eigenvalue weighted by Crippen LogP contribution is -2.11. The summed E-state index contributed by atoms with van der Waals surface area (Å²) in [6, 6.07) is 10.2. The second kappa shape index (κ2) is 6.27. The first-order chi connectivity index (χ1) is 9.90. The molecule has 0 unspecified atom stereocenters. The van der Waals surface area contributed by atoms with E-state index in [4.69, 9.17) is 4.74 Å². The molecule has 2 rings (SSSR count). The highest BCUT2D eigenvalue weighted by atomic mass is 16.5. The number of nitrogens with one attached hydrogen (secondary N) is 1. The zero-order valence-corrected chi connectivity index (χ0v) is 13.5. The van der Waals surface area contributed by atoms with E-state index in [0.717, 1.165) is 29.3 Å². The normalized spacial score (nSPS) is 11.5. The standard InChI is InChI=1S/C18H24N2O/c1-13-10-14(18(2,3)4)6-7-17(13)21-16-8-9-20-15(11-16)12-19-5/h6-11,19H,12H2,1-5H3. The summed E-state index contributed by atoms with van der Waals surface area (Å²) in [5, 5.41) is 3.09. The molecule has 0 saturated carbocycles. The smallest absolute Gasteiger partial charge is 0.130 e. The van der Waals surface area contributed by atoms with E-state index in [9.17, 15) is 0 Å². The molecule has 0 saturated heterocycles. The molecule has 0 aliphatic carbocycles. The fraction of sp³-hybridized carbons (Fsp3) is 0.389. The van der Waals surface area contributed by atoms with Gasteiger partial charge in [-0.1, -0.05) is 32.9 Å². The van der Waals surface area contributed by atoms with Crippen molar-refractivity contribution in [3.8, 4) is 11.5 Å². The lowest BCUT2D eigenvalue weighted by Gasteiger charge is -2.20. The summed E-state index contributed by atoms with van der Waals surface area (Å²) < 4.78 is 6.00. The van der Waals surface area contributed by atoms with E-state index in [1.807, 2.05) is 25.2 Å². The maximum Gasteiger partial charge on any atom is 0.130 e. The Labute approximate surface area is 127 Å². The van der Waals surface area contributed by atoms with Crippen molar-refractivity contribution in [2.45, 2.75) is 39.7 Å². The van der Waals surface area contributed by atoms with Gasteiger partial charge in [-0.15, -0.1) is 0 Å². The van der Waals surface area contributed by atoms with Crippen LogP contribution in [0.4, 0.5) is 0 Å². The van der Waals surface area contributed by atoms with Crippen LogP contribution in [0.15, 0.2) is 36.5 Å². The molecule has 1 aromatic heterocycles. The Hall–Kier alpha value is -1.87. The molecular formula is C18H24N2O. The van der Waals surface area contributed by atoms with Crippen LogP contribution in [0.25, 0.3) is 0 Å². The molecule has 0 aliphatic rings. The molecule has 0 spiro atoms. The number of rotatable bonds is 4. The molecule has 3 nitrogen and oxygen atoms in total. The quantitative estimate of drug-likeness (QED) is 0.913. The van der Waals surface area contributed by atoms with E-state index in [-0.39, 0.29) is 5.41 Å². The van der Waals surface area contributed by atoms with Crippen molar-refractivity contribution in [1.29, 1.82) is 0 Å². The first-order valence-corrected chi connectivity index (χ1v) is 7.28. The first-order valence-electron chi connectivity index (χ1n) is 7.28. The van der Waals surface area contributed by atoms with E-state index in [0.29, 0.717) is 0 Å². The molecule has 0 bridgehead atoms. The minimum atomic E-state index is 0.153. The lowest BCUT2D eigenvalue weighted by molar-refractivity contribution is 0.475. The molecule has 21 heavy (non-hydrogen) atoms. The van der Waals surface area contributed by atoms with E-state index in [2.05, 4.69) is 50.1 Å². The molecule has 0 atom stereocenters. The van der Waals surface area contributed by atoms with Crippen molar-refractivity contribution < 1.29 is 4.74 Å². The van der Waals surface area contributed by atoms with Crippen LogP contribution in [-0.2, 0) is 12.0 Å². The largest absolute Gasteiger partial charge is 0.457 e. The van der Waals surface area contributed by atoms with Crippen molar-refractivity contribution in [2.24, 2.45) is 0 Å². The van der Waals surface area contributed by atoms with Gasteiger partial charge in [0, 0.05) is 18.8 Å². The number of benzene rings is 1. The molecule has 3 heteroatoms. The van der Waals surface area contributed by atoms with Gasteiger partial charge < -0.3 is 10.1 Å². The molecule has 1 aromatic carbocycles. The fourth-order valence-corrected chi connectivity index (χ4v) is 2.15. The number of nitrogens with zero attached hydrogens (tertiary/aromatic N) is 1. The summed E-state index contributed by atoms with van der Waals surface area (Å²) in [6.45, 7) is 9.47. The molecular weight excluding hydrogens is 260 g/mol. The number of hydrogen-bond acceptors (Lipinski definition) is 3. The number of ether oxygens (including phenoxy) is 1. The van der Waals surface area contributed by atoms with E-state index >= 15 is 0 Å². The fourth-order valence-electron chi connectivity index (χ4n) is 2.15. The van der Waals surface area contributed by atoms with Gasteiger partial charge in [0.1, 0.15) is 11.5 Å². The Morgan fingerprint density at radius 1 is 1.14 bits per heavy atom. The number of hydrogen-bond donors (Lipinski definition) is 1. The Kier molecular flexibility index (Phi) is 4.63. The molecule has 0 aliphatic heterocycles. The predicted octanol–water partition coefficient (Wildman–Crippen LogP) is 4.20. The molecule has 1 heterocycles. The van der Waals surface area contributed by atoms with Crippen LogP contribution in [0.2, 0.25) is 0 Å². The van der Waals surface area contributed by atoms with Gasteiger partial charge >= 0.3 is 0 Å². The Morgan fingerprint density at radius 3 is 2.52 bits per heavy atom. The highest BCUT2D eigenvalue weighted by molar-refractivity contribution is 5.41. The van der Waals surface area contributed by atoms with Gasteiger partial charge in [0.2, 0.25) is 0 Å². The van der Waals surface area contributed by atoms with Gasteiger partial charge in [-0.2, -0.15) is 0 Å². The summed E-state index contributed by atoms with van der Waals surface area (Å²) in [5.74, 6) is 1.71. The number of aromatic nitrogens is 1. The molecule has 0 fully saturated rings. The highest BCUT2D eigenvalue weighted by Gasteiger charge is 2.15. The third kappa shape index (κ3) is 4.05. The Balaban J connectivity index is 2.22. The van der Waals surface area contributed by atoms with Crippen molar-refractivity contribution >= 4 is 0 Å². The SMILES string of the molecule is CNCc1cc(Oc2ccc(C(C)(C)C)cc2C)ccn1. The zero-order chi connectivity index (χ0) is 15.5. The minimum absolute atomic E-state index is 0.153. The molecule has 0 radical (unpaired) electrons. The van der Waals surface area contributed by atoms with Crippen molar-refractivity contribution in [3.63, 3.8) is 0 Å². The lowest BCUT2D eigenvalue weighted by atomic mass is 9.86. The monoisotopic (exact) mass is 284 g/mol. The number of pyridine rings is 1. The van der Waals surface area contributed by atoms with Crippen molar-refractivity contribution in [3.05, 3.63) is 53.3 Å². The van der Waals surface area contributed by atoms with Crippen LogP contribution in [0.1, 0.15) is 37.6 Å². The van der Waals surface area contributed by atoms with Crippen molar-refractivity contribution in [2.75, 3.05) is 7.05 Å². The van der Waals surface area contributed by atoms with Gasteiger partial charge in [-0.25, -0.2) is 0 Å². The minimum Gasteiger partial charge on any atom is -0.457 e. The molecule has 0 amide bonds. The van der Waals surface area contributed by atoms with Crippen LogP contribution < -0.4 is 10.1 Å². The van der Waals surface area contributed by atoms with Gasteiger partial charge in [-0.05, 0) is 42.6 Å². The predicted molar refractivity (Wildman–Crippen MR) is 87.0 cm³/mol. The molecule has 1 N–H and O–H groups in total. The summed E-state index contributed by atoms with van der Waals surface area (Å²) in [7, 11) is 1.91. The Bertz CT molecular complexity index is 615. The summed E-state index contributed by atoms with van der Waals surface area (Å²) in [5.41, 5.74) is 3.59. The maximum absolute atomic E-state index is 6.00. The van der Waals surface area contributed by atoms with Gasteiger partial charge in [0.15, 0.2) is 0 Å². The van der Waals surface area contributed by atoms with Gasteiger partial charge in [0.05, 0.1) is 5.69 Å². The molecule has 112 valence electrons. The summed E-state index contributed by atoms with van der Waals surface area (Å²) >= 11 is 0. The van der Waals surface area contributed by atoms with E-state index < -0.39 is 0 Å². The van der Waals surface area contributed by atoms with Gasteiger partial charge in [-0.3, -0.25) is 4.98 Å². The third-order valence-corrected chi connectivity index (χ3v) is 3.41. The van der Waals surface area contributed by atoms with Crippen LogP contribution >= 0.6 is 0 Å². The molecule has 2 aromatic rings. The van der Waals surface area contributed by atoms with Crippen LogP contribution in [0.3, 0.4) is 0 Å². The topological polar surface area (TPSA) is 34.1 Å². The van der Waals surface area contributed by atoms with Gasteiger partial charge in [0.25, 0.3) is 0 Å². The average molecular weight is 284 g/mol. The van der Waals surface area contributed by atoms with Crippen molar-refractivity contribution in [1.82, 2.24) is 10.3 Å². The first kappa shape index (κ1) is 15.5. The maximum atomic E-state index is 6.00. The second-order valence-electron chi connectivity index (χ2n) is 6.35. The summed E-state index contributed by atoms with van der Waals surface area (Å²) in [4.78, 5) is 4.30. The Morgan fingerprint density at radius 2 is 1.90 bits per heavy atom. The zero-order valence-electron chi connectivity index (χ0n) is 13.5. The van der Waals surface area contributed by atoms with Crippen LogP contribution in [-0.4, -0.2) is 12.0 Å². The summed E-state index contributed by atoms with van der Waals surface area (Å²) in [6.07, 6.45) is 1.78. The average Bonchev–Trinajstić information content (AvgIpc) is 2.41. The third-order valence-electron chi connectivity index (χ3n) is 3.41. The number of aryl methyl sites for hydroxylation is 1.